The molecule has 0 spiro atoms. The summed E-state index contributed by atoms with van der Waals surface area (Å²) in [7, 11) is 0. The highest BCUT2D eigenvalue weighted by atomic mass is 32.1. The van der Waals surface area contributed by atoms with Gasteiger partial charge in [0.25, 0.3) is 0 Å². The van der Waals surface area contributed by atoms with Gasteiger partial charge in [-0.15, -0.1) is 0 Å². The third kappa shape index (κ3) is 3.79. The van der Waals surface area contributed by atoms with Crippen molar-refractivity contribution in [3.63, 3.8) is 0 Å². The molecule has 1 heterocycles. The Morgan fingerprint density at radius 1 is 1.19 bits per heavy atom. The molecule has 0 aliphatic rings. The van der Waals surface area contributed by atoms with E-state index in [1.165, 1.54) is 5.56 Å². The topological polar surface area (TPSA) is 48.1 Å². The molecule has 2 rings (SSSR count). The highest BCUT2D eigenvalue weighted by molar-refractivity contribution is 7.80. The van der Waals surface area contributed by atoms with Crippen molar-refractivity contribution >= 4 is 17.2 Å². The minimum Gasteiger partial charge on any atom is -0.439 e. The van der Waals surface area contributed by atoms with Gasteiger partial charge in [-0.25, -0.2) is 4.98 Å². The summed E-state index contributed by atoms with van der Waals surface area (Å²) in [5.74, 6) is 1.28. The molecular weight excluding hydrogens is 280 g/mol. The molecule has 0 radical (unpaired) electrons. The number of aryl methyl sites for hydroxylation is 1. The van der Waals surface area contributed by atoms with Crippen LogP contribution >= 0.6 is 12.2 Å². The second kappa shape index (κ2) is 5.82. The first-order chi connectivity index (χ1) is 9.77. The molecule has 4 heteroatoms. The molecule has 0 aliphatic carbocycles. The summed E-state index contributed by atoms with van der Waals surface area (Å²) in [5.41, 5.74) is 8.84. The number of benzene rings is 1. The largest absolute Gasteiger partial charge is 0.439 e. The zero-order valence-corrected chi connectivity index (χ0v) is 13.6. The predicted octanol–water partition coefficient (Wildman–Crippen LogP) is 4.11. The Balaban J connectivity index is 2.28. The van der Waals surface area contributed by atoms with Crippen LogP contribution in [0.1, 0.15) is 37.5 Å². The Morgan fingerprint density at radius 2 is 1.90 bits per heavy atom. The molecule has 0 saturated carbocycles. The molecule has 0 saturated heterocycles. The summed E-state index contributed by atoms with van der Waals surface area (Å²) in [6.07, 6.45) is 1.64. The van der Waals surface area contributed by atoms with Gasteiger partial charge in [-0.3, -0.25) is 0 Å². The van der Waals surface area contributed by atoms with Gasteiger partial charge in [-0.05, 0) is 35.6 Å². The van der Waals surface area contributed by atoms with Crippen LogP contribution in [0.3, 0.4) is 0 Å². The summed E-state index contributed by atoms with van der Waals surface area (Å²) in [6, 6.07) is 9.72. The van der Waals surface area contributed by atoms with E-state index in [9.17, 15) is 0 Å². The normalized spacial score (nSPS) is 11.2. The quantitative estimate of drug-likeness (QED) is 0.866. The van der Waals surface area contributed by atoms with Gasteiger partial charge in [0.05, 0.1) is 0 Å². The van der Waals surface area contributed by atoms with Crippen LogP contribution in [-0.4, -0.2) is 9.97 Å². The van der Waals surface area contributed by atoms with Crippen LogP contribution in [0.4, 0.5) is 0 Å². The second-order valence-corrected chi connectivity index (χ2v) is 6.52. The first kappa shape index (κ1) is 15.4. The molecule has 0 unspecified atom stereocenters. The molecule has 2 aromatic rings. The molecule has 0 aliphatic heterocycles. The lowest BCUT2D eigenvalue weighted by molar-refractivity contribution is 0.458. The maximum Gasteiger partial charge on any atom is 0.219 e. The minimum absolute atomic E-state index is 0.118. The Hall–Kier alpha value is -1.94. The number of rotatable bonds is 3. The third-order valence-electron chi connectivity index (χ3n) is 3.27. The molecular formula is C17H20N2OS. The Bertz CT molecular complexity index is 675. The van der Waals surface area contributed by atoms with E-state index in [2.05, 4.69) is 37.9 Å². The van der Waals surface area contributed by atoms with E-state index >= 15 is 0 Å². The van der Waals surface area contributed by atoms with Crippen LogP contribution in [0.15, 0.2) is 36.5 Å². The lowest BCUT2D eigenvalue weighted by Crippen LogP contribution is -2.11. The monoisotopic (exact) mass is 300 g/mol. The molecule has 0 bridgehead atoms. The Labute approximate surface area is 131 Å². The molecule has 0 fully saturated rings. The second-order valence-electron chi connectivity index (χ2n) is 6.08. The minimum atomic E-state index is 0.118. The van der Waals surface area contributed by atoms with Gasteiger partial charge < -0.3 is 10.5 Å². The lowest BCUT2D eigenvalue weighted by atomic mass is 9.86. The van der Waals surface area contributed by atoms with E-state index < -0.39 is 0 Å². The van der Waals surface area contributed by atoms with Crippen molar-refractivity contribution in [1.29, 1.82) is 0 Å². The number of aromatic nitrogens is 1. The average molecular weight is 300 g/mol. The van der Waals surface area contributed by atoms with E-state index in [0.29, 0.717) is 10.9 Å². The fraction of sp³-hybridized carbons (Fsp3) is 0.294. The van der Waals surface area contributed by atoms with Crippen LogP contribution in [0.5, 0.6) is 11.6 Å². The average Bonchev–Trinajstić information content (AvgIpc) is 2.40. The highest BCUT2D eigenvalue weighted by Crippen LogP contribution is 2.29. The van der Waals surface area contributed by atoms with Crippen LogP contribution in [0.2, 0.25) is 0 Å². The van der Waals surface area contributed by atoms with Crippen molar-refractivity contribution in [1.82, 2.24) is 4.98 Å². The number of nitrogens with two attached hydrogens (primary N) is 1. The predicted molar refractivity (Wildman–Crippen MR) is 90.1 cm³/mol. The first-order valence-electron chi connectivity index (χ1n) is 6.82. The summed E-state index contributed by atoms with van der Waals surface area (Å²) < 4.78 is 5.84. The summed E-state index contributed by atoms with van der Waals surface area (Å²) >= 11 is 4.96. The van der Waals surface area contributed by atoms with Crippen molar-refractivity contribution in [3.05, 3.63) is 53.2 Å². The Kier molecular flexibility index (Phi) is 4.28. The van der Waals surface area contributed by atoms with E-state index in [1.54, 1.807) is 18.3 Å². The zero-order chi connectivity index (χ0) is 15.6. The van der Waals surface area contributed by atoms with Gasteiger partial charge in [0.15, 0.2) is 0 Å². The number of nitrogens with zero attached hydrogens (tertiary/aromatic N) is 1. The Morgan fingerprint density at radius 3 is 2.48 bits per heavy atom. The van der Waals surface area contributed by atoms with Gasteiger partial charge in [-0.2, -0.15) is 0 Å². The number of pyridine rings is 1. The standard InChI is InChI=1S/C17H20N2OS/c1-11-9-13(17(2,3)4)5-6-14(11)20-15-10-12(16(18)21)7-8-19-15/h5-10H,1-4H3,(H2,18,21). The van der Waals surface area contributed by atoms with E-state index in [0.717, 1.165) is 16.9 Å². The fourth-order valence-corrected chi connectivity index (χ4v) is 2.09. The molecule has 1 aromatic carbocycles. The number of hydrogen-bond donors (Lipinski definition) is 1. The first-order valence-corrected chi connectivity index (χ1v) is 7.23. The highest BCUT2D eigenvalue weighted by Gasteiger charge is 2.15. The fourth-order valence-electron chi connectivity index (χ4n) is 1.96. The number of hydrogen-bond acceptors (Lipinski definition) is 3. The molecule has 2 N–H and O–H groups in total. The molecule has 21 heavy (non-hydrogen) atoms. The maximum atomic E-state index is 5.84. The third-order valence-corrected chi connectivity index (χ3v) is 3.51. The number of thiocarbonyl (C=S) groups is 1. The summed E-state index contributed by atoms with van der Waals surface area (Å²) in [6.45, 7) is 8.60. The SMILES string of the molecule is Cc1cc(C(C)(C)C)ccc1Oc1cc(C(N)=S)ccn1. The van der Waals surface area contributed by atoms with Crippen LogP contribution < -0.4 is 10.5 Å². The zero-order valence-electron chi connectivity index (χ0n) is 12.8. The maximum absolute atomic E-state index is 5.84. The lowest BCUT2D eigenvalue weighted by Gasteiger charge is -2.20. The van der Waals surface area contributed by atoms with Gasteiger partial charge in [0.1, 0.15) is 10.7 Å². The summed E-state index contributed by atoms with van der Waals surface area (Å²) in [5, 5.41) is 0. The number of ether oxygens (including phenoxy) is 1. The van der Waals surface area contributed by atoms with Crippen LogP contribution in [-0.2, 0) is 5.41 Å². The van der Waals surface area contributed by atoms with E-state index in [-0.39, 0.29) is 5.41 Å². The molecule has 0 atom stereocenters. The van der Waals surface area contributed by atoms with Crippen molar-refractivity contribution in [2.24, 2.45) is 5.73 Å². The summed E-state index contributed by atoms with van der Waals surface area (Å²) in [4.78, 5) is 4.53. The molecule has 110 valence electrons. The molecule has 0 amide bonds. The van der Waals surface area contributed by atoms with Gasteiger partial charge in [0.2, 0.25) is 5.88 Å². The van der Waals surface area contributed by atoms with E-state index in [1.807, 2.05) is 13.0 Å². The van der Waals surface area contributed by atoms with E-state index in [4.69, 9.17) is 22.7 Å². The van der Waals surface area contributed by atoms with Gasteiger partial charge in [-0.1, -0.05) is 45.1 Å². The molecule has 1 aromatic heterocycles. The molecule has 3 nitrogen and oxygen atoms in total. The van der Waals surface area contributed by atoms with Crippen LogP contribution in [0.25, 0.3) is 0 Å². The van der Waals surface area contributed by atoms with Gasteiger partial charge >= 0.3 is 0 Å². The van der Waals surface area contributed by atoms with Crippen LogP contribution in [0, 0.1) is 6.92 Å². The van der Waals surface area contributed by atoms with Gasteiger partial charge in [0, 0.05) is 17.8 Å². The smallest absolute Gasteiger partial charge is 0.219 e. The van der Waals surface area contributed by atoms with Crippen molar-refractivity contribution in [3.8, 4) is 11.6 Å². The van der Waals surface area contributed by atoms with Crippen molar-refractivity contribution < 1.29 is 4.74 Å². The van der Waals surface area contributed by atoms with Crippen molar-refractivity contribution in [2.45, 2.75) is 33.1 Å². The van der Waals surface area contributed by atoms with Crippen molar-refractivity contribution in [2.75, 3.05) is 0 Å².